The third-order valence-electron chi connectivity index (χ3n) is 3.98. The minimum absolute atomic E-state index is 0.269. The first-order valence-corrected chi connectivity index (χ1v) is 8.47. The molecule has 0 saturated heterocycles. The van der Waals surface area contributed by atoms with Gasteiger partial charge in [0.1, 0.15) is 5.82 Å². The Bertz CT molecular complexity index is 886. The van der Waals surface area contributed by atoms with E-state index in [1.165, 1.54) is 0 Å². The largest absolute Gasteiger partial charge is 0.493 e. The lowest BCUT2D eigenvalue weighted by atomic mass is 10.2. The molecule has 3 aromatic rings. The van der Waals surface area contributed by atoms with Crippen molar-refractivity contribution < 1.29 is 14.3 Å². The molecule has 1 heterocycles. The van der Waals surface area contributed by atoms with Crippen LogP contribution in [-0.2, 0) is 6.54 Å². The maximum Gasteiger partial charge on any atom is 0.327 e. The van der Waals surface area contributed by atoms with E-state index in [1.807, 2.05) is 60.7 Å². The molecular formula is C21H21N3O3. The molecule has 0 aliphatic rings. The van der Waals surface area contributed by atoms with Gasteiger partial charge in [0.15, 0.2) is 11.5 Å². The minimum atomic E-state index is -0.269. The molecule has 0 atom stereocenters. The zero-order valence-corrected chi connectivity index (χ0v) is 15.3. The van der Waals surface area contributed by atoms with Gasteiger partial charge in [0, 0.05) is 11.9 Å². The van der Waals surface area contributed by atoms with Crippen LogP contribution in [0.25, 0.3) is 0 Å². The number of nitrogens with zero attached hydrogens (tertiary/aromatic N) is 2. The van der Waals surface area contributed by atoms with Crippen molar-refractivity contribution in [3.8, 4) is 11.5 Å². The number of aromatic nitrogens is 1. The molecule has 1 aromatic heterocycles. The molecule has 3 rings (SSSR count). The standard InChI is InChI=1S/C21H21N3O3/c1-26-18-12-11-16(14-19(18)27-2)15-24(20-10-6-7-13-22-20)21(25)23-17-8-4-3-5-9-17/h3-14H,15H2,1-2H3,(H,23,25). The van der Waals surface area contributed by atoms with Crippen molar-refractivity contribution >= 4 is 17.5 Å². The fourth-order valence-corrected chi connectivity index (χ4v) is 2.64. The summed E-state index contributed by atoms with van der Waals surface area (Å²) in [4.78, 5) is 18.8. The second kappa shape index (κ2) is 8.71. The van der Waals surface area contributed by atoms with Crippen molar-refractivity contribution in [1.82, 2.24) is 4.98 Å². The molecule has 0 radical (unpaired) electrons. The van der Waals surface area contributed by atoms with Crippen LogP contribution >= 0.6 is 0 Å². The SMILES string of the molecule is COc1ccc(CN(C(=O)Nc2ccccc2)c2ccccn2)cc1OC. The number of para-hydroxylation sites is 1. The van der Waals surface area contributed by atoms with Gasteiger partial charge in [0.25, 0.3) is 0 Å². The number of urea groups is 1. The van der Waals surface area contributed by atoms with Gasteiger partial charge >= 0.3 is 6.03 Å². The molecule has 2 aromatic carbocycles. The lowest BCUT2D eigenvalue weighted by Gasteiger charge is -2.23. The van der Waals surface area contributed by atoms with Crippen molar-refractivity contribution in [2.45, 2.75) is 6.54 Å². The third-order valence-corrected chi connectivity index (χ3v) is 3.98. The van der Waals surface area contributed by atoms with E-state index in [0.29, 0.717) is 23.9 Å². The molecule has 138 valence electrons. The Morgan fingerprint density at radius 1 is 0.963 bits per heavy atom. The monoisotopic (exact) mass is 363 g/mol. The molecule has 27 heavy (non-hydrogen) atoms. The predicted octanol–water partition coefficient (Wildman–Crippen LogP) is 4.34. The number of rotatable bonds is 6. The highest BCUT2D eigenvalue weighted by molar-refractivity contribution is 6.01. The molecule has 0 spiro atoms. The number of carbonyl (C=O) groups excluding carboxylic acids is 1. The average Bonchev–Trinajstić information content (AvgIpc) is 2.73. The fourth-order valence-electron chi connectivity index (χ4n) is 2.64. The Kier molecular flexibility index (Phi) is 5.89. The molecule has 0 aliphatic carbocycles. The summed E-state index contributed by atoms with van der Waals surface area (Å²) in [6.45, 7) is 0.329. The highest BCUT2D eigenvalue weighted by atomic mass is 16.5. The third kappa shape index (κ3) is 4.55. The zero-order chi connectivity index (χ0) is 19.1. The summed E-state index contributed by atoms with van der Waals surface area (Å²) < 4.78 is 10.6. The maximum atomic E-state index is 12.9. The van der Waals surface area contributed by atoms with Gasteiger partial charge < -0.3 is 14.8 Å². The zero-order valence-electron chi connectivity index (χ0n) is 15.3. The molecule has 0 aliphatic heterocycles. The van der Waals surface area contributed by atoms with Crippen LogP contribution in [0.3, 0.4) is 0 Å². The Labute approximate surface area is 158 Å². The predicted molar refractivity (Wildman–Crippen MR) is 105 cm³/mol. The second-order valence-electron chi connectivity index (χ2n) is 5.76. The number of ether oxygens (including phenoxy) is 2. The van der Waals surface area contributed by atoms with Crippen LogP contribution in [-0.4, -0.2) is 25.2 Å². The summed E-state index contributed by atoms with van der Waals surface area (Å²) in [5, 5.41) is 2.90. The Morgan fingerprint density at radius 3 is 2.37 bits per heavy atom. The molecule has 1 N–H and O–H groups in total. The van der Waals surface area contributed by atoms with Crippen molar-refractivity contribution in [3.63, 3.8) is 0 Å². The Balaban J connectivity index is 1.88. The van der Waals surface area contributed by atoms with E-state index in [0.717, 1.165) is 11.3 Å². The number of hydrogen-bond acceptors (Lipinski definition) is 4. The van der Waals surface area contributed by atoms with E-state index < -0.39 is 0 Å². The Hall–Kier alpha value is -3.54. The normalized spacial score (nSPS) is 10.1. The van der Waals surface area contributed by atoms with Crippen LogP contribution in [0, 0.1) is 0 Å². The number of nitrogens with one attached hydrogen (secondary N) is 1. The van der Waals surface area contributed by atoms with Gasteiger partial charge in [-0.05, 0) is 42.0 Å². The number of pyridine rings is 1. The summed E-state index contributed by atoms with van der Waals surface area (Å²) in [6.07, 6.45) is 1.66. The molecule has 0 unspecified atom stereocenters. The molecular weight excluding hydrogens is 342 g/mol. The van der Waals surface area contributed by atoms with Gasteiger partial charge in [0.2, 0.25) is 0 Å². The number of amides is 2. The molecule has 6 nitrogen and oxygen atoms in total. The fraction of sp³-hybridized carbons (Fsp3) is 0.143. The summed E-state index contributed by atoms with van der Waals surface area (Å²) in [5.74, 6) is 1.81. The number of carbonyl (C=O) groups is 1. The number of hydrogen-bond donors (Lipinski definition) is 1. The second-order valence-corrected chi connectivity index (χ2v) is 5.76. The van der Waals surface area contributed by atoms with Crippen LogP contribution in [0.1, 0.15) is 5.56 Å². The summed E-state index contributed by atoms with van der Waals surface area (Å²) >= 11 is 0. The highest BCUT2D eigenvalue weighted by Gasteiger charge is 2.18. The molecule has 6 heteroatoms. The summed E-state index contributed by atoms with van der Waals surface area (Å²) in [6, 6.07) is 20.1. The number of benzene rings is 2. The van der Waals surface area contributed by atoms with Crippen LogP contribution < -0.4 is 19.7 Å². The van der Waals surface area contributed by atoms with Gasteiger partial charge in [-0.25, -0.2) is 9.78 Å². The van der Waals surface area contributed by atoms with Crippen molar-refractivity contribution in [2.75, 3.05) is 24.4 Å². The molecule has 2 amide bonds. The molecule has 0 fully saturated rings. The van der Waals surface area contributed by atoms with Gasteiger partial charge in [-0.3, -0.25) is 4.90 Å². The Morgan fingerprint density at radius 2 is 1.70 bits per heavy atom. The first kappa shape index (κ1) is 18.3. The number of methoxy groups -OCH3 is 2. The van der Waals surface area contributed by atoms with E-state index in [-0.39, 0.29) is 6.03 Å². The molecule has 0 saturated carbocycles. The minimum Gasteiger partial charge on any atom is -0.493 e. The van der Waals surface area contributed by atoms with Crippen LogP contribution in [0.15, 0.2) is 72.9 Å². The molecule has 0 bridgehead atoms. The average molecular weight is 363 g/mol. The van der Waals surface area contributed by atoms with Crippen LogP contribution in [0.5, 0.6) is 11.5 Å². The summed E-state index contributed by atoms with van der Waals surface area (Å²) in [5.41, 5.74) is 1.61. The lowest BCUT2D eigenvalue weighted by Crippen LogP contribution is -2.35. The van der Waals surface area contributed by atoms with E-state index in [1.54, 1.807) is 31.4 Å². The van der Waals surface area contributed by atoms with E-state index >= 15 is 0 Å². The van der Waals surface area contributed by atoms with Gasteiger partial charge in [0.05, 0.1) is 20.8 Å². The van der Waals surface area contributed by atoms with Crippen molar-refractivity contribution in [1.29, 1.82) is 0 Å². The van der Waals surface area contributed by atoms with E-state index in [2.05, 4.69) is 10.3 Å². The van der Waals surface area contributed by atoms with E-state index in [9.17, 15) is 4.79 Å². The van der Waals surface area contributed by atoms with Gasteiger partial charge in [-0.1, -0.05) is 30.3 Å². The van der Waals surface area contributed by atoms with Crippen molar-refractivity contribution in [2.24, 2.45) is 0 Å². The van der Waals surface area contributed by atoms with E-state index in [4.69, 9.17) is 9.47 Å². The quantitative estimate of drug-likeness (QED) is 0.708. The first-order valence-electron chi connectivity index (χ1n) is 8.47. The highest BCUT2D eigenvalue weighted by Crippen LogP contribution is 2.28. The van der Waals surface area contributed by atoms with Gasteiger partial charge in [-0.2, -0.15) is 0 Å². The first-order chi connectivity index (χ1) is 13.2. The summed E-state index contributed by atoms with van der Waals surface area (Å²) in [7, 11) is 3.17. The van der Waals surface area contributed by atoms with Crippen LogP contribution in [0.4, 0.5) is 16.3 Å². The van der Waals surface area contributed by atoms with Gasteiger partial charge in [-0.15, -0.1) is 0 Å². The maximum absolute atomic E-state index is 12.9. The lowest BCUT2D eigenvalue weighted by molar-refractivity contribution is 0.256. The smallest absolute Gasteiger partial charge is 0.327 e. The van der Waals surface area contributed by atoms with Crippen molar-refractivity contribution in [3.05, 3.63) is 78.5 Å². The van der Waals surface area contributed by atoms with Crippen LogP contribution in [0.2, 0.25) is 0 Å². The topological polar surface area (TPSA) is 63.7 Å². The number of anilines is 2.